The molecule has 4 heterocycles. The maximum atomic E-state index is 10.8. The zero-order valence-electron chi connectivity index (χ0n) is 16.6. The quantitative estimate of drug-likeness (QED) is 0.200. The predicted molar refractivity (Wildman–Crippen MR) is 114 cm³/mol. The van der Waals surface area contributed by atoms with Crippen molar-refractivity contribution in [2.45, 2.75) is 50.2 Å². The minimum atomic E-state index is -3.21. The van der Waals surface area contributed by atoms with E-state index in [0.717, 1.165) is 50.3 Å². The van der Waals surface area contributed by atoms with Crippen molar-refractivity contribution in [1.29, 1.82) is 0 Å². The van der Waals surface area contributed by atoms with Crippen LogP contribution in [0.25, 0.3) is 0 Å². The number of nitrogens with two attached hydrogens (primary N) is 1. The van der Waals surface area contributed by atoms with Crippen LogP contribution < -0.4 is 21.3 Å². The second-order valence-corrected chi connectivity index (χ2v) is 10.0. The Labute approximate surface area is 171 Å². The number of fused-ring (bicyclic) bond motifs is 2. The van der Waals surface area contributed by atoms with E-state index in [1.54, 1.807) is 0 Å². The molecule has 0 aliphatic carbocycles. The molecule has 29 heavy (non-hydrogen) atoms. The molecule has 13 heteroatoms. The summed E-state index contributed by atoms with van der Waals surface area (Å²) >= 11 is 0. The van der Waals surface area contributed by atoms with Gasteiger partial charge in [-0.05, 0) is 13.0 Å². The number of rotatable bonds is 8. The molecule has 11 nitrogen and oxygen atoms in total. The molecule has 6 N–H and O–H groups in total. The van der Waals surface area contributed by atoms with E-state index >= 15 is 0 Å². The summed E-state index contributed by atoms with van der Waals surface area (Å²) in [5.41, 5.74) is 6.31. The van der Waals surface area contributed by atoms with Gasteiger partial charge >= 0.3 is 146 Å². The minimum absolute atomic E-state index is 0.201. The molecule has 1 aromatic rings. The fourth-order valence-electron chi connectivity index (χ4n) is 3.95. The Kier molecular flexibility index (Phi) is 6.40. The molecule has 1 aromatic heterocycles. The van der Waals surface area contributed by atoms with Crippen molar-refractivity contribution in [3.8, 4) is 0 Å². The van der Waals surface area contributed by atoms with Crippen molar-refractivity contribution in [2.75, 3.05) is 41.9 Å². The number of unbranched alkanes of at least 4 members (excludes halogenated alkanes) is 3. The monoisotopic (exact) mass is 428 g/mol. The molecule has 4 atom stereocenters. The number of hydrogen-bond donors (Lipinski definition) is 5. The third-order valence-electron chi connectivity index (χ3n) is 5.44. The molecule has 2 saturated heterocycles. The van der Waals surface area contributed by atoms with Crippen molar-refractivity contribution in [2.24, 2.45) is 5.73 Å². The van der Waals surface area contributed by atoms with Crippen molar-refractivity contribution in [3.05, 3.63) is 6.33 Å². The Morgan fingerprint density at radius 2 is 2.17 bits per heavy atom. The van der Waals surface area contributed by atoms with Crippen LogP contribution in [0, 0.1) is 0 Å². The molecule has 4 rings (SSSR count). The molecule has 0 aromatic carbocycles. The second-order valence-electron chi connectivity index (χ2n) is 7.70. The standard InChI is InChI=1S/C16H30BN6O5P/c17-29(25)26-7-10-13(28-29)12(24)16(27-10)23-9-22-11-14(20-8-21-15(11)23)19-6-4-2-1-3-5-18/h8,10,12-13,16,22,24-25,29H,1-7,9,17-18H2,(H,19,20,21)/t10?,12?,13-,16?/m1/s1. The number of aliphatic hydroxyl groups is 1. The fraction of sp³-hybridized carbons (Fsp3) is 0.750. The Balaban J connectivity index is 1.40. The van der Waals surface area contributed by atoms with Gasteiger partial charge in [0.2, 0.25) is 0 Å². The van der Waals surface area contributed by atoms with Crippen LogP contribution in [0.5, 0.6) is 0 Å². The molecule has 0 amide bonds. The third-order valence-corrected chi connectivity index (χ3v) is 6.85. The first-order chi connectivity index (χ1) is 14.0. The topological polar surface area (TPSA) is 147 Å². The molecule has 162 valence electrons. The van der Waals surface area contributed by atoms with Crippen LogP contribution in [-0.4, -0.2) is 78.4 Å². The Morgan fingerprint density at radius 1 is 1.34 bits per heavy atom. The average Bonchev–Trinajstić information content (AvgIpc) is 3.26. The molecule has 0 spiro atoms. The number of aromatic nitrogens is 2. The Morgan fingerprint density at radius 3 is 3.00 bits per heavy atom. The maximum absolute atomic E-state index is 10.8. The van der Waals surface area contributed by atoms with E-state index in [4.69, 9.17) is 19.5 Å². The number of ether oxygens (including phenoxy) is 1. The zero-order valence-corrected chi connectivity index (χ0v) is 17.6. The van der Waals surface area contributed by atoms with Gasteiger partial charge in [0.15, 0.2) is 0 Å². The summed E-state index contributed by atoms with van der Waals surface area (Å²) in [6, 6.07) is 0. The van der Waals surface area contributed by atoms with E-state index in [1.165, 1.54) is 13.9 Å². The summed E-state index contributed by atoms with van der Waals surface area (Å²) in [7, 11) is -1.67. The van der Waals surface area contributed by atoms with Gasteiger partial charge in [-0.3, -0.25) is 0 Å². The van der Waals surface area contributed by atoms with E-state index in [-0.39, 0.29) is 6.61 Å². The zero-order chi connectivity index (χ0) is 20.4. The van der Waals surface area contributed by atoms with Crippen molar-refractivity contribution >= 4 is 32.7 Å². The normalized spacial score (nSPS) is 31.1. The first-order valence-electron chi connectivity index (χ1n) is 10.2. The van der Waals surface area contributed by atoms with Crippen LogP contribution in [0.1, 0.15) is 25.7 Å². The predicted octanol–water partition coefficient (Wildman–Crippen LogP) is -0.866. The van der Waals surface area contributed by atoms with Crippen molar-refractivity contribution in [1.82, 2.24) is 9.97 Å². The van der Waals surface area contributed by atoms with Crippen LogP contribution >= 0.6 is 7.82 Å². The molecular formula is C16H30BN6O5P. The van der Waals surface area contributed by atoms with Gasteiger partial charge in [0.25, 0.3) is 0 Å². The van der Waals surface area contributed by atoms with Gasteiger partial charge in [-0.1, -0.05) is 6.42 Å². The van der Waals surface area contributed by atoms with Gasteiger partial charge in [0.05, 0.1) is 0 Å². The van der Waals surface area contributed by atoms with Gasteiger partial charge in [0.1, 0.15) is 0 Å². The van der Waals surface area contributed by atoms with E-state index < -0.39 is 32.4 Å². The van der Waals surface area contributed by atoms with Gasteiger partial charge in [-0.2, -0.15) is 0 Å². The number of nitrogens with one attached hydrogen (secondary N) is 2. The first-order valence-corrected chi connectivity index (χ1v) is 12.4. The summed E-state index contributed by atoms with van der Waals surface area (Å²) in [6.45, 7) is 2.18. The number of hydrogen-bond acceptors (Lipinski definition) is 11. The Bertz CT molecular complexity index is 718. The summed E-state index contributed by atoms with van der Waals surface area (Å²) in [6.07, 6.45) is 3.22. The van der Waals surface area contributed by atoms with Crippen molar-refractivity contribution in [3.63, 3.8) is 0 Å². The summed E-state index contributed by atoms with van der Waals surface area (Å²) in [5, 5.41) is 17.4. The summed E-state index contributed by atoms with van der Waals surface area (Å²) in [4.78, 5) is 20.7. The molecule has 0 saturated carbocycles. The first kappa shape index (κ1) is 21.0. The molecule has 0 radical (unpaired) electrons. The van der Waals surface area contributed by atoms with E-state index in [2.05, 4.69) is 20.6 Å². The second kappa shape index (κ2) is 8.85. The van der Waals surface area contributed by atoms with E-state index in [1.807, 2.05) is 4.90 Å². The van der Waals surface area contributed by atoms with Gasteiger partial charge in [-0.25, -0.2) is 0 Å². The average molecular weight is 428 g/mol. The summed E-state index contributed by atoms with van der Waals surface area (Å²) in [5.74, 6) is 1.40. The van der Waals surface area contributed by atoms with Gasteiger partial charge in [0, 0.05) is 0 Å². The molecule has 0 bridgehead atoms. The van der Waals surface area contributed by atoms with Crippen LogP contribution in [0.3, 0.4) is 0 Å². The fourth-order valence-corrected chi connectivity index (χ4v) is 5.29. The summed E-state index contributed by atoms with van der Waals surface area (Å²) < 4.78 is 17.0. The van der Waals surface area contributed by atoms with Gasteiger partial charge < -0.3 is 5.73 Å². The SMILES string of the molecule is B[PH]1(O)OCC2OC(N3CNc4c(NCCCCCCN)ncnc43)C(O)[C@@H]2O1. The van der Waals surface area contributed by atoms with Crippen LogP contribution in [0.15, 0.2) is 6.33 Å². The third kappa shape index (κ3) is 4.43. The molecule has 3 aliphatic heterocycles. The van der Waals surface area contributed by atoms with Crippen LogP contribution in [-0.2, 0) is 13.8 Å². The molecule has 2 fully saturated rings. The number of aliphatic hydroxyl groups excluding tert-OH is 1. The molecule has 3 unspecified atom stereocenters. The van der Waals surface area contributed by atoms with Gasteiger partial charge in [-0.15, -0.1) is 0 Å². The van der Waals surface area contributed by atoms with E-state index in [0.29, 0.717) is 12.5 Å². The molecule has 3 aliphatic rings. The van der Waals surface area contributed by atoms with Crippen LogP contribution in [0.2, 0.25) is 0 Å². The molecular weight excluding hydrogens is 398 g/mol. The van der Waals surface area contributed by atoms with E-state index in [9.17, 15) is 10.00 Å². The van der Waals surface area contributed by atoms with Crippen LogP contribution in [0.4, 0.5) is 17.3 Å². The number of nitrogens with zero attached hydrogens (tertiary/aromatic N) is 3. The Hall–Kier alpha value is -1.27. The van der Waals surface area contributed by atoms with Crippen molar-refractivity contribution < 1.29 is 23.8 Å². The number of anilines is 3.